The van der Waals surface area contributed by atoms with E-state index in [1.807, 2.05) is 6.08 Å². The van der Waals surface area contributed by atoms with Gasteiger partial charge in [0.1, 0.15) is 0 Å². The molecule has 2 rings (SSSR count). The van der Waals surface area contributed by atoms with Gasteiger partial charge in [-0.2, -0.15) is 0 Å². The average molecular weight is 189 g/mol. The van der Waals surface area contributed by atoms with E-state index in [0.29, 0.717) is 17.4 Å². The highest BCUT2D eigenvalue weighted by atomic mass is 35.5. The summed E-state index contributed by atoms with van der Waals surface area (Å²) < 4.78 is 0. The van der Waals surface area contributed by atoms with Gasteiger partial charge in [-0.3, -0.25) is 0 Å². The Morgan fingerprint density at radius 3 is 2.58 bits per heavy atom. The highest BCUT2D eigenvalue weighted by Crippen LogP contribution is 2.45. The van der Waals surface area contributed by atoms with Crippen molar-refractivity contribution in [3.05, 3.63) is 11.6 Å². The molecule has 2 nitrogen and oxygen atoms in total. The van der Waals surface area contributed by atoms with Crippen molar-refractivity contribution in [1.29, 1.82) is 0 Å². The van der Waals surface area contributed by atoms with Crippen molar-refractivity contribution in [3.63, 3.8) is 0 Å². The normalized spacial score (nSPS) is 32.2. The summed E-state index contributed by atoms with van der Waals surface area (Å²) in [6, 6.07) is 0. The minimum absolute atomic E-state index is 0. The first kappa shape index (κ1) is 9.59. The highest BCUT2D eigenvalue weighted by molar-refractivity contribution is 5.87. The maximum atomic E-state index is 10.7. The quantitative estimate of drug-likeness (QED) is 0.685. The summed E-state index contributed by atoms with van der Waals surface area (Å²) >= 11 is 0. The third-order valence-electron chi connectivity index (χ3n) is 2.97. The van der Waals surface area contributed by atoms with Gasteiger partial charge >= 0.3 is 5.97 Å². The molecule has 12 heavy (non-hydrogen) atoms. The van der Waals surface area contributed by atoms with Crippen LogP contribution in [0, 0.1) is 11.8 Å². The molecule has 1 fully saturated rings. The molecule has 0 aromatic rings. The maximum Gasteiger partial charge on any atom is 0.331 e. The van der Waals surface area contributed by atoms with Gasteiger partial charge in [-0.25, -0.2) is 4.79 Å². The van der Waals surface area contributed by atoms with Crippen LogP contribution < -0.4 is 0 Å². The lowest BCUT2D eigenvalue weighted by Gasteiger charge is -2.39. The molecular weight excluding hydrogens is 176 g/mol. The minimum Gasteiger partial charge on any atom is -0.478 e. The molecule has 0 spiro atoms. The highest BCUT2D eigenvalue weighted by Gasteiger charge is 2.37. The van der Waals surface area contributed by atoms with Crippen LogP contribution in [0.3, 0.4) is 0 Å². The molecule has 2 unspecified atom stereocenters. The summed E-state index contributed by atoms with van der Waals surface area (Å²) in [5.74, 6) is 0.409. The number of halogens is 1. The number of carbonyl (C=O) groups is 1. The van der Waals surface area contributed by atoms with Gasteiger partial charge in [0.2, 0.25) is 0 Å². The predicted molar refractivity (Wildman–Crippen MR) is 48.4 cm³/mol. The smallest absolute Gasteiger partial charge is 0.331 e. The van der Waals surface area contributed by atoms with E-state index in [1.165, 1.54) is 12.8 Å². The molecule has 0 radical (unpaired) electrons. The van der Waals surface area contributed by atoms with Crippen LogP contribution in [0.4, 0.5) is 0 Å². The summed E-state index contributed by atoms with van der Waals surface area (Å²) in [4.78, 5) is 10.7. The molecule has 2 aliphatic rings. The molecule has 2 aliphatic carbocycles. The first-order valence-electron chi connectivity index (χ1n) is 4.22. The Bertz CT molecular complexity index is 223. The van der Waals surface area contributed by atoms with Gasteiger partial charge in [-0.1, -0.05) is 6.08 Å². The molecule has 1 N–H and O–H groups in total. The second-order valence-electron chi connectivity index (χ2n) is 3.49. The Kier molecular flexibility index (Phi) is 2.78. The van der Waals surface area contributed by atoms with Crippen molar-refractivity contribution in [2.45, 2.75) is 25.7 Å². The van der Waals surface area contributed by atoms with Crippen LogP contribution in [0.1, 0.15) is 25.7 Å². The molecule has 0 amide bonds. The van der Waals surface area contributed by atoms with Crippen molar-refractivity contribution in [3.8, 4) is 0 Å². The first-order chi connectivity index (χ1) is 5.29. The molecule has 0 heterocycles. The second kappa shape index (κ2) is 3.48. The molecule has 0 aromatic heterocycles. The zero-order valence-corrected chi connectivity index (χ0v) is 7.64. The third-order valence-corrected chi connectivity index (χ3v) is 2.97. The number of fused-ring (bicyclic) bond motifs is 1. The summed E-state index contributed by atoms with van der Waals surface area (Å²) in [7, 11) is 0. The molecule has 0 aromatic carbocycles. The lowest BCUT2D eigenvalue weighted by molar-refractivity contribution is -0.134. The van der Waals surface area contributed by atoms with Gasteiger partial charge in [-0.05, 0) is 37.5 Å². The predicted octanol–water partition coefficient (Wildman–Crippen LogP) is 2.24. The van der Waals surface area contributed by atoms with Crippen molar-refractivity contribution < 1.29 is 9.90 Å². The molecule has 0 bridgehead atoms. The topological polar surface area (TPSA) is 37.3 Å². The lowest BCUT2D eigenvalue weighted by Crippen LogP contribution is -2.32. The van der Waals surface area contributed by atoms with E-state index in [2.05, 4.69) is 0 Å². The first-order valence-corrected chi connectivity index (χ1v) is 4.22. The van der Waals surface area contributed by atoms with Crippen LogP contribution in [0.5, 0.6) is 0 Å². The van der Waals surface area contributed by atoms with Crippen molar-refractivity contribution in [1.82, 2.24) is 0 Å². The Morgan fingerprint density at radius 1 is 1.42 bits per heavy atom. The van der Waals surface area contributed by atoms with Crippen molar-refractivity contribution in [2.75, 3.05) is 0 Å². The van der Waals surface area contributed by atoms with Gasteiger partial charge in [0.05, 0.1) is 0 Å². The zero-order valence-electron chi connectivity index (χ0n) is 6.82. The fraction of sp³-hybridized carbons (Fsp3) is 0.667. The van der Waals surface area contributed by atoms with Crippen LogP contribution in [-0.2, 0) is 4.79 Å². The molecular formula is C9H13ClO2. The van der Waals surface area contributed by atoms with Crippen LogP contribution in [0.15, 0.2) is 11.6 Å². The molecule has 1 saturated carbocycles. The van der Waals surface area contributed by atoms with Crippen LogP contribution in [0.2, 0.25) is 0 Å². The van der Waals surface area contributed by atoms with Gasteiger partial charge < -0.3 is 5.11 Å². The van der Waals surface area contributed by atoms with Crippen molar-refractivity contribution in [2.24, 2.45) is 11.8 Å². The zero-order chi connectivity index (χ0) is 7.84. The van der Waals surface area contributed by atoms with Gasteiger partial charge in [-0.15, -0.1) is 12.4 Å². The SMILES string of the molecule is Cl.O=C(O)C1=CCCC2CCC12. The fourth-order valence-corrected chi connectivity index (χ4v) is 2.17. The van der Waals surface area contributed by atoms with Crippen LogP contribution in [-0.4, -0.2) is 11.1 Å². The number of hydrogen-bond donors (Lipinski definition) is 1. The van der Waals surface area contributed by atoms with Gasteiger partial charge in [0, 0.05) is 5.57 Å². The Labute approximate surface area is 78.1 Å². The largest absolute Gasteiger partial charge is 0.478 e. The second-order valence-corrected chi connectivity index (χ2v) is 3.49. The number of rotatable bonds is 1. The van der Waals surface area contributed by atoms with E-state index in [9.17, 15) is 4.79 Å². The molecule has 2 atom stereocenters. The van der Waals surface area contributed by atoms with E-state index in [4.69, 9.17) is 5.11 Å². The maximum absolute atomic E-state index is 10.7. The number of carboxylic acid groups (broad SMARTS) is 1. The monoisotopic (exact) mass is 188 g/mol. The van der Waals surface area contributed by atoms with E-state index < -0.39 is 5.97 Å². The van der Waals surface area contributed by atoms with E-state index in [-0.39, 0.29) is 12.4 Å². The van der Waals surface area contributed by atoms with Crippen LogP contribution in [0.25, 0.3) is 0 Å². The van der Waals surface area contributed by atoms with E-state index in [1.54, 1.807) is 0 Å². The Hall–Kier alpha value is -0.500. The van der Waals surface area contributed by atoms with Crippen molar-refractivity contribution >= 4 is 18.4 Å². The third kappa shape index (κ3) is 1.36. The number of aliphatic carboxylic acids is 1. The summed E-state index contributed by atoms with van der Waals surface area (Å²) in [5.41, 5.74) is 0.688. The minimum atomic E-state index is -0.695. The molecule has 0 saturated heterocycles. The van der Waals surface area contributed by atoms with Gasteiger partial charge in [0.15, 0.2) is 0 Å². The van der Waals surface area contributed by atoms with Crippen LogP contribution >= 0.6 is 12.4 Å². The number of hydrogen-bond acceptors (Lipinski definition) is 1. The molecule has 0 aliphatic heterocycles. The standard InChI is InChI=1S/C9H12O2.ClH/c10-9(11)8-3-1-2-6-4-5-7(6)8;/h3,6-7H,1-2,4-5H2,(H,10,11);1H. The molecule has 3 heteroatoms. The number of carboxylic acids is 1. The summed E-state index contributed by atoms with van der Waals surface area (Å²) in [5, 5.41) is 8.79. The van der Waals surface area contributed by atoms with E-state index in [0.717, 1.165) is 12.8 Å². The number of allylic oxidation sites excluding steroid dienone is 1. The summed E-state index contributed by atoms with van der Waals surface area (Å²) in [6.45, 7) is 0. The Balaban J connectivity index is 0.000000720. The average Bonchev–Trinajstić information content (AvgIpc) is 1.90. The van der Waals surface area contributed by atoms with Gasteiger partial charge in [0.25, 0.3) is 0 Å². The Morgan fingerprint density at radius 2 is 2.17 bits per heavy atom. The summed E-state index contributed by atoms with van der Waals surface area (Å²) in [6.07, 6.45) is 6.44. The lowest BCUT2D eigenvalue weighted by atomic mass is 9.65. The fourth-order valence-electron chi connectivity index (χ4n) is 2.17. The van der Waals surface area contributed by atoms with E-state index >= 15 is 0 Å². The molecule has 68 valence electrons.